The van der Waals surface area contributed by atoms with Crippen LogP contribution in [0.1, 0.15) is 47.8 Å². The Morgan fingerprint density at radius 1 is 1.05 bits per heavy atom. The van der Waals surface area contributed by atoms with Crippen LogP contribution < -0.4 is 0 Å². The molecule has 0 radical (unpaired) electrons. The van der Waals surface area contributed by atoms with Gasteiger partial charge in [-0.3, -0.25) is 19.2 Å². The lowest BCUT2D eigenvalue weighted by Crippen LogP contribution is -2.42. The first-order valence-corrected chi connectivity index (χ1v) is 14.9. The van der Waals surface area contributed by atoms with Gasteiger partial charge in [0.05, 0.1) is 35.6 Å². The van der Waals surface area contributed by atoms with Crippen molar-refractivity contribution in [1.82, 2.24) is 24.5 Å². The van der Waals surface area contributed by atoms with Gasteiger partial charge in [0.1, 0.15) is 0 Å². The van der Waals surface area contributed by atoms with Crippen molar-refractivity contribution in [1.29, 1.82) is 0 Å². The first-order chi connectivity index (χ1) is 17.9. The summed E-state index contributed by atoms with van der Waals surface area (Å²) in [7, 11) is -3.59. The average molecular weight is 528 g/mol. The van der Waals surface area contributed by atoms with Crippen LogP contribution in [0.4, 0.5) is 0 Å². The molecule has 2 amide bonds. The summed E-state index contributed by atoms with van der Waals surface area (Å²) in [6.45, 7) is 5.93. The Bertz CT molecular complexity index is 1320. The van der Waals surface area contributed by atoms with Gasteiger partial charge >= 0.3 is 0 Å². The molecule has 6 rings (SSSR count). The first kappa shape index (κ1) is 24.6. The molecule has 0 unspecified atom stereocenters. The zero-order chi connectivity index (χ0) is 25.6. The van der Waals surface area contributed by atoms with Crippen molar-refractivity contribution in [2.24, 2.45) is 0 Å². The number of nitrogens with zero attached hydrogens (tertiary/aromatic N) is 5. The van der Waals surface area contributed by atoms with E-state index < -0.39 is 9.84 Å². The third-order valence-corrected chi connectivity index (χ3v) is 9.70. The molecule has 37 heavy (non-hydrogen) atoms. The minimum atomic E-state index is -3.59. The fourth-order valence-electron chi connectivity index (χ4n) is 6.08. The molecule has 0 bridgehead atoms. The Kier molecular flexibility index (Phi) is 6.54. The maximum absolute atomic E-state index is 13.6. The molecule has 1 aromatic heterocycles. The van der Waals surface area contributed by atoms with Crippen molar-refractivity contribution in [2.45, 2.75) is 42.4 Å². The molecule has 1 aromatic carbocycles. The minimum Gasteiger partial charge on any atom is -0.378 e. The van der Waals surface area contributed by atoms with E-state index in [0.29, 0.717) is 48.7 Å². The predicted molar refractivity (Wildman–Crippen MR) is 136 cm³/mol. The number of hydrogen-bond donors (Lipinski definition) is 0. The number of fused-ring (bicyclic) bond motifs is 3. The van der Waals surface area contributed by atoms with E-state index in [1.165, 1.54) is 0 Å². The molecule has 3 fully saturated rings. The van der Waals surface area contributed by atoms with Gasteiger partial charge in [0, 0.05) is 56.8 Å². The Morgan fingerprint density at radius 2 is 1.86 bits per heavy atom. The smallest absolute Gasteiger partial charge is 0.274 e. The second-order valence-electron chi connectivity index (χ2n) is 10.4. The van der Waals surface area contributed by atoms with Crippen LogP contribution in [0.5, 0.6) is 0 Å². The second-order valence-corrected chi connectivity index (χ2v) is 12.3. The molecule has 0 spiro atoms. The Balaban J connectivity index is 1.35. The van der Waals surface area contributed by atoms with E-state index in [0.717, 1.165) is 57.7 Å². The number of amides is 2. The highest BCUT2D eigenvalue weighted by atomic mass is 32.2. The Labute approximate surface area is 217 Å². The van der Waals surface area contributed by atoms with Crippen LogP contribution in [0.2, 0.25) is 0 Å². The highest BCUT2D eigenvalue weighted by Gasteiger charge is 2.39. The van der Waals surface area contributed by atoms with Crippen molar-refractivity contribution in [2.75, 3.05) is 59.0 Å². The van der Waals surface area contributed by atoms with E-state index in [2.05, 4.69) is 4.90 Å². The molecule has 0 N–H and O–H groups in total. The van der Waals surface area contributed by atoms with Crippen LogP contribution in [-0.2, 0) is 25.1 Å². The van der Waals surface area contributed by atoms with Gasteiger partial charge in [-0.15, -0.1) is 0 Å². The van der Waals surface area contributed by atoms with Gasteiger partial charge in [-0.25, -0.2) is 8.42 Å². The number of sulfone groups is 1. The molecule has 5 heterocycles. The molecule has 4 aliphatic heterocycles. The Hall–Kier alpha value is -2.76. The van der Waals surface area contributed by atoms with Crippen LogP contribution in [0.3, 0.4) is 0 Å². The van der Waals surface area contributed by atoms with E-state index in [4.69, 9.17) is 9.84 Å². The molecule has 3 saturated heterocycles. The fraction of sp³-hybridized carbons (Fsp3) is 0.577. The second kappa shape index (κ2) is 9.85. The number of aromatic nitrogens is 2. The maximum atomic E-state index is 13.6. The number of carbonyl (C=O) groups is 2. The summed E-state index contributed by atoms with van der Waals surface area (Å²) < 4.78 is 33.8. The zero-order valence-corrected chi connectivity index (χ0v) is 21.8. The number of likely N-dealkylation sites (tertiary alicyclic amines) is 2. The van der Waals surface area contributed by atoms with Crippen molar-refractivity contribution < 1.29 is 22.7 Å². The van der Waals surface area contributed by atoms with E-state index in [1.807, 2.05) is 21.7 Å². The SMILES string of the molecule is O=C1CCCN1CCN1CCC[C@H](n2nc(C(=O)N3CCOCC3)c3c2-c2ccccc2S(=O)(=O)C3)C1. The third kappa shape index (κ3) is 4.57. The number of ether oxygens (including phenoxy) is 1. The molecule has 198 valence electrons. The summed E-state index contributed by atoms with van der Waals surface area (Å²) in [6, 6.07) is 7.06. The van der Waals surface area contributed by atoms with Crippen molar-refractivity contribution in [3.63, 3.8) is 0 Å². The van der Waals surface area contributed by atoms with Gasteiger partial charge in [-0.05, 0) is 31.9 Å². The lowest BCUT2D eigenvalue weighted by atomic mass is 10.0. The topological polar surface area (TPSA) is 105 Å². The van der Waals surface area contributed by atoms with Gasteiger partial charge in [0.15, 0.2) is 15.5 Å². The van der Waals surface area contributed by atoms with Crippen molar-refractivity contribution in [3.8, 4) is 11.3 Å². The largest absolute Gasteiger partial charge is 0.378 e. The molecular formula is C26H33N5O5S. The van der Waals surface area contributed by atoms with Gasteiger partial charge in [-0.1, -0.05) is 18.2 Å². The molecule has 0 aliphatic carbocycles. The highest BCUT2D eigenvalue weighted by Crippen LogP contribution is 2.41. The molecule has 10 nitrogen and oxygen atoms in total. The summed E-state index contributed by atoms with van der Waals surface area (Å²) in [5.41, 5.74) is 2.13. The summed E-state index contributed by atoms with van der Waals surface area (Å²) in [5.74, 6) is -0.218. The number of benzene rings is 1. The van der Waals surface area contributed by atoms with Crippen molar-refractivity contribution >= 4 is 21.7 Å². The van der Waals surface area contributed by atoms with E-state index >= 15 is 0 Å². The number of hydrogen-bond acceptors (Lipinski definition) is 7. The molecule has 1 atom stereocenters. The Morgan fingerprint density at radius 3 is 2.65 bits per heavy atom. The van der Waals surface area contributed by atoms with Crippen LogP contribution in [0.15, 0.2) is 29.2 Å². The molecular weight excluding hydrogens is 494 g/mol. The lowest BCUT2D eigenvalue weighted by molar-refractivity contribution is -0.127. The van der Waals surface area contributed by atoms with Crippen LogP contribution >= 0.6 is 0 Å². The molecule has 11 heteroatoms. The number of piperidine rings is 1. The van der Waals surface area contributed by atoms with Crippen LogP contribution in [0.25, 0.3) is 11.3 Å². The van der Waals surface area contributed by atoms with Crippen LogP contribution in [-0.4, -0.2) is 104 Å². The summed E-state index contributed by atoms with van der Waals surface area (Å²) >= 11 is 0. The predicted octanol–water partition coefficient (Wildman–Crippen LogP) is 1.57. The standard InChI is InChI=1S/C26H33N5O5S/c32-23-8-4-10-29(23)12-11-28-9-3-5-19(17-28)31-25-20-6-1-2-7-22(20)37(34,35)18-21(25)24(27-31)26(33)30-13-15-36-16-14-30/h1-2,6-7,19H,3-5,8-18H2/t19-/m0/s1. The quantitative estimate of drug-likeness (QED) is 0.581. The fourth-order valence-corrected chi connectivity index (χ4v) is 7.68. The van der Waals surface area contributed by atoms with Gasteiger partial charge in [-0.2, -0.15) is 5.10 Å². The molecule has 4 aliphatic rings. The summed E-state index contributed by atoms with van der Waals surface area (Å²) in [6.07, 6.45) is 3.45. The summed E-state index contributed by atoms with van der Waals surface area (Å²) in [5, 5.41) is 4.87. The van der Waals surface area contributed by atoms with Gasteiger partial charge < -0.3 is 14.5 Å². The van der Waals surface area contributed by atoms with Crippen LogP contribution in [0, 0.1) is 0 Å². The zero-order valence-electron chi connectivity index (χ0n) is 21.0. The number of rotatable bonds is 5. The number of carbonyl (C=O) groups excluding carboxylic acids is 2. The van der Waals surface area contributed by atoms with Gasteiger partial charge in [0.2, 0.25) is 5.91 Å². The highest BCUT2D eigenvalue weighted by molar-refractivity contribution is 7.90. The first-order valence-electron chi connectivity index (χ1n) is 13.2. The minimum absolute atomic E-state index is 0.0110. The summed E-state index contributed by atoms with van der Waals surface area (Å²) in [4.78, 5) is 32.0. The normalized spacial score (nSPS) is 23.7. The average Bonchev–Trinajstić information content (AvgIpc) is 3.50. The maximum Gasteiger partial charge on any atom is 0.274 e. The van der Waals surface area contributed by atoms with E-state index in [-0.39, 0.29) is 29.3 Å². The van der Waals surface area contributed by atoms with Gasteiger partial charge in [0.25, 0.3) is 5.91 Å². The monoisotopic (exact) mass is 527 g/mol. The molecule has 2 aromatic rings. The van der Waals surface area contributed by atoms with E-state index in [9.17, 15) is 18.0 Å². The van der Waals surface area contributed by atoms with Crippen molar-refractivity contribution in [3.05, 3.63) is 35.5 Å². The van der Waals surface area contributed by atoms with E-state index in [1.54, 1.807) is 17.0 Å². The molecule has 0 saturated carbocycles. The number of morpholine rings is 1. The third-order valence-electron chi connectivity index (χ3n) is 8.01. The lowest BCUT2D eigenvalue weighted by Gasteiger charge is -2.35.